The highest BCUT2D eigenvalue weighted by atomic mass is 35.5. The molecule has 1 fully saturated rings. The second-order valence-corrected chi connectivity index (χ2v) is 5.55. The Labute approximate surface area is 122 Å². The standard InChI is InChI=1S/C14H15ClN2O3/c1-9(2)7-16-12(18)13(19)17(14(16)20)8-10-3-5-11(15)6-4-10/h3-6,9H,7-8H2,1-2H3. The van der Waals surface area contributed by atoms with Crippen LogP contribution in [0, 0.1) is 5.92 Å². The van der Waals surface area contributed by atoms with Crippen LogP contribution in [0.3, 0.4) is 0 Å². The van der Waals surface area contributed by atoms with Gasteiger partial charge in [0.2, 0.25) is 0 Å². The van der Waals surface area contributed by atoms with Crippen LogP contribution in [0.5, 0.6) is 0 Å². The van der Waals surface area contributed by atoms with Crippen LogP contribution in [0.2, 0.25) is 5.02 Å². The van der Waals surface area contributed by atoms with E-state index >= 15 is 0 Å². The molecule has 0 atom stereocenters. The first-order chi connectivity index (χ1) is 9.40. The Hall–Kier alpha value is -1.88. The van der Waals surface area contributed by atoms with Crippen molar-refractivity contribution in [3.05, 3.63) is 34.9 Å². The number of imide groups is 2. The SMILES string of the molecule is CC(C)CN1C(=O)C(=O)N(Cc2ccc(Cl)cc2)C1=O. The molecule has 106 valence electrons. The van der Waals surface area contributed by atoms with E-state index in [-0.39, 0.29) is 19.0 Å². The van der Waals surface area contributed by atoms with Crippen molar-refractivity contribution in [1.82, 2.24) is 9.80 Å². The van der Waals surface area contributed by atoms with Crippen molar-refractivity contribution in [2.45, 2.75) is 20.4 Å². The second kappa shape index (κ2) is 5.63. The van der Waals surface area contributed by atoms with E-state index in [1.807, 2.05) is 13.8 Å². The molecule has 1 aliphatic heterocycles. The Bertz CT molecular complexity index is 554. The fraction of sp³-hybridized carbons (Fsp3) is 0.357. The lowest BCUT2D eigenvalue weighted by atomic mass is 10.2. The zero-order chi connectivity index (χ0) is 14.9. The number of amides is 4. The van der Waals surface area contributed by atoms with Crippen LogP contribution in [-0.2, 0) is 16.1 Å². The van der Waals surface area contributed by atoms with E-state index < -0.39 is 17.8 Å². The van der Waals surface area contributed by atoms with E-state index in [1.54, 1.807) is 24.3 Å². The van der Waals surface area contributed by atoms with Crippen molar-refractivity contribution in [1.29, 1.82) is 0 Å². The predicted octanol–water partition coefficient (Wildman–Crippen LogP) is 2.29. The second-order valence-electron chi connectivity index (χ2n) is 5.11. The minimum atomic E-state index is -0.773. The van der Waals surface area contributed by atoms with Crippen LogP contribution in [0.25, 0.3) is 0 Å². The van der Waals surface area contributed by atoms with E-state index in [2.05, 4.69) is 0 Å². The molecule has 2 rings (SSSR count). The number of rotatable bonds is 4. The van der Waals surface area contributed by atoms with Gasteiger partial charge in [0.05, 0.1) is 6.54 Å². The number of halogens is 1. The van der Waals surface area contributed by atoms with Gasteiger partial charge in [-0.15, -0.1) is 0 Å². The molecule has 1 heterocycles. The fourth-order valence-corrected chi connectivity index (χ4v) is 2.11. The Kier molecular flexibility index (Phi) is 4.09. The van der Waals surface area contributed by atoms with Crippen LogP contribution >= 0.6 is 11.6 Å². The van der Waals surface area contributed by atoms with Crippen LogP contribution < -0.4 is 0 Å². The summed E-state index contributed by atoms with van der Waals surface area (Å²) in [7, 11) is 0. The van der Waals surface area contributed by atoms with Gasteiger partial charge >= 0.3 is 17.8 Å². The molecule has 20 heavy (non-hydrogen) atoms. The molecule has 1 saturated heterocycles. The van der Waals surface area contributed by atoms with Crippen molar-refractivity contribution in [3.8, 4) is 0 Å². The number of hydrogen-bond acceptors (Lipinski definition) is 3. The van der Waals surface area contributed by atoms with Crippen LogP contribution in [0.15, 0.2) is 24.3 Å². The molecule has 1 aromatic rings. The molecule has 5 nitrogen and oxygen atoms in total. The molecule has 0 aliphatic carbocycles. The van der Waals surface area contributed by atoms with Crippen LogP contribution in [0.4, 0.5) is 4.79 Å². The van der Waals surface area contributed by atoms with E-state index in [9.17, 15) is 14.4 Å². The molecule has 4 amide bonds. The molecule has 0 saturated carbocycles. The summed E-state index contributed by atoms with van der Waals surface area (Å²) in [6.07, 6.45) is 0. The number of carbonyl (C=O) groups is 3. The van der Waals surface area contributed by atoms with Crippen molar-refractivity contribution in [2.24, 2.45) is 5.92 Å². The van der Waals surface area contributed by atoms with Crippen molar-refractivity contribution in [2.75, 3.05) is 6.54 Å². The first kappa shape index (κ1) is 14.5. The number of nitrogens with zero attached hydrogens (tertiary/aromatic N) is 2. The maximum Gasteiger partial charge on any atom is 0.334 e. The minimum Gasteiger partial charge on any atom is -0.263 e. The zero-order valence-corrected chi connectivity index (χ0v) is 12.1. The average molecular weight is 295 g/mol. The molecule has 6 heteroatoms. The van der Waals surface area contributed by atoms with Gasteiger partial charge in [0.15, 0.2) is 0 Å². The third-order valence-electron chi connectivity index (χ3n) is 2.94. The lowest BCUT2D eigenvalue weighted by Gasteiger charge is -2.17. The third-order valence-corrected chi connectivity index (χ3v) is 3.19. The molecule has 0 radical (unpaired) electrons. The number of benzene rings is 1. The molecular weight excluding hydrogens is 280 g/mol. The van der Waals surface area contributed by atoms with Crippen molar-refractivity contribution in [3.63, 3.8) is 0 Å². The summed E-state index contributed by atoms with van der Waals surface area (Å²) >= 11 is 5.78. The lowest BCUT2D eigenvalue weighted by molar-refractivity contribution is -0.143. The number of hydrogen-bond donors (Lipinski definition) is 0. The van der Waals surface area contributed by atoms with E-state index in [4.69, 9.17) is 11.6 Å². The smallest absolute Gasteiger partial charge is 0.263 e. The molecule has 0 unspecified atom stereocenters. The molecule has 1 aliphatic rings. The average Bonchev–Trinajstić information content (AvgIpc) is 2.58. The van der Waals surface area contributed by atoms with E-state index in [1.165, 1.54) is 0 Å². The summed E-state index contributed by atoms with van der Waals surface area (Å²) < 4.78 is 0. The van der Waals surface area contributed by atoms with Gasteiger partial charge in [-0.05, 0) is 23.6 Å². The molecule has 0 aromatic heterocycles. The minimum absolute atomic E-state index is 0.0785. The third kappa shape index (κ3) is 2.82. The first-order valence-electron chi connectivity index (χ1n) is 6.32. The summed E-state index contributed by atoms with van der Waals surface area (Å²) in [5.41, 5.74) is 0.746. The normalized spacial score (nSPS) is 15.7. The van der Waals surface area contributed by atoms with Gasteiger partial charge in [-0.1, -0.05) is 37.6 Å². The van der Waals surface area contributed by atoms with Crippen LogP contribution in [-0.4, -0.2) is 34.2 Å². The molecule has 0 spiro atoms. The fourth-order valence-electron chi connectivity index (χ4n) is 1.99. The van der Waals surface area contributed by atoms with Gasteiger partial charge < -0.3 is 0 Å². The van der Waals surface area contributed by atoms with Gasteiger partial charge in [-0.25, -0.2) is 4.79 Å². The first-order valence-corrected chi connectivity index (χ1v) is 6.69. The van der Waals surface area contributed by atoms with Gasteiger partial charge in [0.1, 0.15) is 0 Å². The van der Waals surface area contributed by atoms with Gasteiger partial charge in [-0.3, -0.25) is 19.4 Å². The van der Waals surface area contributed by atoms with Crippen LogP contribution in [0.1, 0.15) is 19.4 Å². The summed E-state index contributed by atoms with van der Waals surface area (Å²) in [5, 5.41) is 0.574. The zero-order valence-electron chi connectivity index (χ0n) is 11.3. The predicted molar refractivity (Wildman–Crippen MR) is 73.9 cm³/mol. The highest BCUT2D eigenvalue weighted by Gasteiger charge is 2.44. The number of carbonyl (C=O) groups excluding carboxylic acids is 3. The lowest BCUT2D eigenvalue weighted by Crippen LogP contribution is -2.35. The van der Waals surface area contributed by atoms with Gasteiger partial charge in [0, 0.05) is 11.6 Å². The summed E-state index contributed by atoms with van der Waals surface area (Å²) in [6.45, 7) is 4.09. The summed E-state index contributed by atoms with van der Waals surface area (Å²) in [4.78, 5) is 37.8. The molecule has 0 N–H and O–H groups in total. The summed E-state index contributed by atoms with van der Waals surface area (Å²) in [5.74, 6) is -1.41. The maximum absolute atomic E-state index is 12.1. The van der Waals surface area contributed by atoms with Crippen molar-refractivity contribution < 1.29 is 14.4 Å². The van der Waals surface area contributed by atoms with E-state index in [0.717, 1.165) is 15.4 Å². The Balaban J connectivity index is 2.16. The topological polar surface area (TPSA) is 57.7 Å². The molecule has 1 aromatic carbocycles. The Morgan fingerprint density at radius 1 is 1.00 bits per heavy atom. The van der Waals surface area contributed by atoms with Crippen molar-refractivity contribution >= 4 is 29.4 Å². The Morgan fingerprint density at radius 2 is 1.55 bits per heavy atom. The summed E-state index contributed by atoms with van der Waals surface area (Å²) in [6, 6.07) is 6.24. The number of urea groups is 1. The highest BCUT2D eigenvalue weighted by molar-refractivity contribution is 6.44. The highest BCUT2D eigenvalue weighted by Crippen LogP contribution is 2.18. The molecule has 0 bridgehead atoms. The van der Waals surface area contributed by atoms with Gasteiger partial charge in [0.25, 0.3) is 0 Å². The largest absolute Gasteiger partial charge is 0.334 e. The van der Waals surface area contributed by atoms with Gasteiger partial charge in [-0.2, -0.15) is 0 Å². The Morgan fingerprint density at radius 3 is 2.10 bits per heavy atom. The maximum atomic E-state index is 12.1. The molecular formula is C14H15ClN2O3. The quantitative estimate of drug-likeness (QED) is 0.632. The van der Waals surface area contributed by atoms with E-state index in [0.29, 0.717) is 5.02 Å². The monoisotopic (exact) mass is 294 g/mol.